The Morgan fingerprint density at radius 2 is 2.17 bits per heavy atom. The number of hydrogen-bond donors (Lipinski definition) is 2. The molecule has 5 heteroatoms. The van der Waals surface area contributed by atoms with Crippen LogP contribution in [0.1, 0.15) is 17.0 Å². The number of rotatable bonds is 4. The summed E-state index contributed by atoms with van der Waals surface area (Å²) in [6.07, 6.45) is 0. The summed E-state index contributed by atoms with van der Waals surface area (Å²) in [5.41, 5.74) is 4.09. The third-order valence-corrected chi connectivity index (χ3v) is 3.24. The molecule has 0 saturated heterocycles. The van der Waals surface area contributed by atoms with E-state index in [2.05, 4.69) is 15.5 Å². The van der Waals surface area contributed by atoms with Gasteiger partial charge in [0.05, 0.1) is 23.5 Å². The van der Waals surface area contributed by atoms with E-state index in [0.29, 0.717) is 11.6 Å². The lowest BCUT2D eigenvalue weighted by molar-refractivity contribution is 0.415. The fourth-order valence-corrected chi connectivity index (χ4v) is 1.97. The number of ether oxygens (including phenoxy) is 1. The highest BCUT2D eigenvalue weighted by Gasteiger charge is 2.07. The number of nitrogens with zero attached hydrogens (tertiary/aromatic N) is 1. The average molecular weight is 266 g/mol. The molecule has 1 heterocycles. The first-order valence-electron chi connectivity index (χ1n) is 5.69. The number of hydrogen-bond acceptors (Lipinski definition) is 3. The Morgan fingerprint density at radius 3 is 2.78 bits per heavy atom. The smallest absolute Gasteiger partial charge is 0.121 e. The van der Waals surface area contributed by atoms with Crippen molar-refractivity contribution in [1.82, 2.24) is 10.2 Å². The Hall–Kier alpha value is -1.68. The van der Waals surface area contributed by atoms with Crippen molar-refractivity contribution in [2.45, 2.75) is 20.4 Å². The highest BCUT2D eigenvalue weighted by Crippen LogP contribution is 2.27. The third kappa shape index (κ3) is 2.59. The van der Waals surface area contributed by atoms with Gasteiger partial charge in [-0.05, 0) is 26.0 Å². The van der Waals surface area contributed by atoms with Crippen molar-refractivity contribution in [1.29, 1.82) is 0 Å². The molecule has 0 unspecified atom stereocenters. The fraction of sp³-hybridized carbons (Fsp3) is 0.308. The summed E-state index contributed by atoms with van der Waals surface area (Å²) in [7, 11) is 1.64. The predicted octanol–water partition coefficient (Wildman–Crippen LogP) is 3.30. The van der Waals surface area contributed by atoms with E-state index in [0.717, 1.165) is 28.4 Å². The van der Waals surface area contributed by atoms with E-state index in [1.807, 2.05) is 32.0 Å². The molecule has 2 N–H and O–H groups in total. The number of nitrogens with one attached hydrogen (secondary N) is 2. The Bertz CT molecular complexity index is 532. The van der Waals surface area contributed by atoms with Gasteiger partial charge in [-0.2, -0.15) is 5.10 Å². The summed E-state index contributed by atoms with van der Waals surface area (Å²) >= 11 is 6.13. The SMILES string of the molecule is COc1ccc(Cl)c(NCc2c(C)n[nH]c2C)c1. The molecule has 0 saturated carbocycles. The van der Waals surface area contributed by atoms with Crippen LogP contribution in [0.4, 0.5) is 5.69 Å². The largest absolute Gasteiger partial charge is 0.497 e. The molecular formula is C13H16ClN3O. The first kappa shape index (κ1) is 12.8. The molecule has 2 aromatic rings. The van der Waals surface area contributed by atoms with E-state index in [1.165, 1.54) is 0 Å². The van der Waals surface area contributed by atoms with Crippen molar-refractivity contribution in [2.75, 3.05) is 12.4 Å². The summed E-state index contributed by atoms with van der Waals surface area (Å²) < 4.78 is 5.18. The van der Waals surface area contributed by atoms with E-state index < -0.39 is 0 Å². The highest BCUT2D eigenvalue weighted by atomic mass is 35.5. The van der Waals surface area contributed by atoms with Crippen LogP contribution in [0.15, 0.2) is 18.2 Å². The van der Waals surface area contributed by atoms with E-state index >= 15 is 0 Å². The molecule has 1 aromatic heterocycles. The van der Waals surface area contributed by atoms with Crippen molar-refractivity contribution in [3.05, 3.63) is 40.2 Å². The van der Waals surface area contributed by atoms with Crippen molar-refractivity contribution >= 4 is 17.3 Å². The lowest BCUT2D eigenvalue weighted by atomic mass is 10.2. The Labute approximate surface area is 111 Å². The van der Waals surface area contributed by atoms with Gasteiger partial charge in [-0.25, -0.2) is 0 Å². The molecule has 96 valence electrons. The Morgan fingerprint density at radius 1 is 1.39 bits per heavy atom. The van der Waals surface area contributed by atoms with Crippen molar-refractivity contribution in [2.24, 2.45) is 0 Å². The summed E-state index contributed by atoms with van der Waals surface area (Å²) in [4.78, 5) is 0. The zero-order valence-electron chi connectivity index (χ0n) is 10.7. The number of methoxy groups -OCH3 is 1. The van der Waals surface area contributed by atoms with Gasteiger partial charge < -0.3 is 10.1 Å². The first-order valence-corrected chi connectivity index (χ1v) is 6.07. The molecule has 0 aliphatic rings. The molecule has 0 spiro atoms. The number of H-pyrrole nitrogens is 1. The van der Waals surface area contributed by atoms with Crippen LogP contribution in [-0.2, 0) is 6.54 Å². The van der Waals surface area contributed by atoms with Gasteiger partial charge in [-0.15, -0.1) is 0 Å². The molecular weight excluding hydrogens is 250 g/mol. The monoisotopic (exact) mass is 265 g/mol. The van der Waals surface area contributed by atoms with E-state index in [9.17, 15) is 0 Å². The van der Waals surface area contributed by atoms with Crippen LogP contribution >= 0.6 is 11.6 Å². The van der Waals surface area contributed by atoms with Crippen LogP contribution in [0.5, 0.6) is 5.75 Å². The lowest BCUT2D eigenvalue weighted by Crippen LogP contribution is -2.02. The van der Waals surface area contributed by atoms with Crippen LogP contribution < -0.4 is 10.1 Å². The molecule has 0 aliphatic heterocycles. The highest BCUT2D eigenvalue weighted by molar-refractivity contribution is 6.33. The topological polar surface area (TPSA) is 49.9 Å². The lowest BCUT2D eigenvalue weighted by Gasteiger charge is -2.10. The van der Waals surface area contributed by atoms with E-state index in [-0.39, 0.29) is 0 Å². The second-order valence-corrected chi connectivity index (χ2v) is 4.52. The van der Waals surface area contributed by atoms with Crippen LogP contribution in [0.2, 0.25) is 5.02 Å². The summed E-state index contributed by atoms with van der Waals surface area (Å²) in [6, 6.07) is 5.53. The molecule has 0 amide bonds. The second kappa shape index (κ2) is 5.31. The average Bonchev–Trinajstić information content (AvgIpc) is 2.68. The van der Waals surface area contributed by atoms with Gasteiger partial charge in [0.2, 0.25) is 0 Å². The standard InChI is InChI=1S/C13H16ClN3O/c1-8-11(9(2)17-16-8)7-15-13-6-10(18-3)4-5-12(13)14/h4-6,15H,7H2,1-3H3,(H,16,17). The Balaban J connectivity index is 2.15. The van der Waals surface area contributed by atoms with Gasteiger partial charge in [0.15, 0.2) is 0 Å². The van der Waals surface area contributed by atoms with E-state index in [4.69, 9.17) is 16.3 Å². The van der Waals surface area contributed by atoms with Crippen LogP contribution in [0, 0.1) is 13.8 Å². The molecule has 0 aliphatic carbocycles. The molecule has 18 heavy (non-hydrogen) atoms. The molecule has 0 fully saturated rings. The number of halogens is 1. The number of aryl methyl sites for hydroxylation is 2. The molecule has 4 nitrogen and oxygen atoms in total. The third-order valence-electron chi connectivity index (χ3n) is 2.91. The zero-order chi connectivity index (χ0) is 13.1. The van der Waals surface area contributed by atoms with Gasteiger partial charge in [-0.3, -0.25) is 5.10 Å². The molecule has 2 rings (SSSR count). The van der Waals surface area contributed by atoms with Gasteiger partial charge >= 0.3 is 0 Å². The molecule has 0 bridgehead atoms. The van der Waals surface area contributed by atoms with Crippen molar-refractivity contribution < 1.29 is 4.74 Å². The first-order chi connectivity index (χ1) is 8.61. The summed E-state index contributed by atoms with van der Waals surface area (Å²) in [5.74, 6) is 0.780. The van der Waals surface area contributed by atoms with Gasteiger partial charge in [0.25, 0.3) is 0 Å². The predicted molar refractivity (Wildman–Crippen MR) is 73.4 cm³/mol. The maximum Gasteiger partial charge on any atom is 0.121 e. The van der Waals surface area contributed by atoms with Crippen molar-refractivity contribution in [3.63, 3.8) is 0 Å². The molecule has 0 radical (unpaired) electrons. The summed E-state index contributed by atoms with van der Waals surface area (Å²) in [5, 5.41) is 11.1. The number of benzene rings is 1. The number of anilines is 1. The number of aromatic nitrogens is 2. The molecule has 1 aromatic carbocycles. The summed E-state index contributed by atoms with van der Waals surface area (Å²) in [6.45, 7) is 4.67. The normalized spacial score (nSPS) is 10.4. The van der Waals surface area contributed by atoms with Crippen molar-refractivity contribution in [3.8, 4) is 5.75 Å². The second-order valence-electron chi connectivity index (χ2n) is 4.11. The zero-order valence-corrected chi connectivity index (χ0v) is 11.4. The minimum absolute atomic E-state index is 0.676. The molecule has 0 atom stereocenters. The van der Waals surface area contributed by atoms with Gasteiger partial charge in [0.1, 0.15) is 5.75 Å². The minimum atomic E-state index is 0.676. The maximum absolute atomic E-state index is 6.13. The van der Waals surface area contributed by atoms with Gasteiger partial charge in [0, 0.05) is 23.9 Å². The van der Waals surface area contributed by atoms with Gasteiger partial charge in [-0.1, -0.05) is 11.6 Å². The maximum atomic E-state index is 6.13. The quantitative estimate of drug-likeness (QED) is 0.892. The minimum Gasteiger partial charge on any atom is -0.497 e. The van der Waals surface area contributed by atoms with Crippen LogP contribution in [-0.4, -0.2) is 17.3 Å². The number of aromatic amines is 1. The van der Waals surface area contributed by atoms with Crippen LogP contribution in [0.25, 0.3) is 0 Å². The van der Waals surface area contributed by atoms with Crippen LogP contribution in [0.3, 0.4) is 0 Å². The fourth-order valence-electron chi connectivity index (χ4n) is 1.78. The Kier molecular flexibility index (Phi) is 3.77. The van der Waals surface area contributed by atoms with E-state index in [1.54, 1.807) is 7.11 Å².